The summed E-state index contributed by atoms with van der Waals surface area (Å²) < 4.78 is 12.2. The summed E-state index contributed by atoms with van der Waals surface area (Å²) in [6.07, 6.45) is 7.11. The number of benzene rings is 3. The molecule has 3 aromatic carbocycles. The second kappa shape index (κ2) is 14.1. The fourth-order valence-corrected chi connectivity index (χ4v) is 8.05. The van der Waals surface area contributed by atoms with Gasteiger partial charge in [0, 0.05) is 74.8 Å². The molecule has 7 rings (SSSR count). The van der Waals surface area contributed by atoms with E-state index in [9.17, 15) is 9.59 Å². The van der Waals surface area contributed by atoms with Gasteiger partial charge >= 0.3 is 0 Å². The lowest BCUT2D eigenvalue weighted by Crippen LogP contribution is -2.48. The number of fused-ring (bicyclic) bond motifs is 3. The molecule has 4 heterocycles. The number of piperazine rings is 1. The van der Waals surface area contributed by atoms with E-state index in [2.05, 4.69) is 45.4 Å². The van der Waals surface area contributed by atoms with Crippen molar-refractivity contribution >= 4 is 17.5 Å². The van der Waals surface area contributed by atoms with Gasteiger partial charge in [-0.25, -0.2) is 0 Å². The molecule has 0 radical (unpaired) electrons. The zero-order valence-corrected chi connectivity index (χ0v) is 27.7. The molecule has 4 aliphatic rings. The van der Waals surface area contributed by atoms with Gasteiger partial charge in [-0.15, -0.1) is 0 Å². The highest BCUT2D eigenvalue weighted by Crippen LogP contribution is 2.50. The van der Waals surface area contributed by atoms with Crippen molar-refractivity contribution in [3.63, 3.8) is 0 Å². The highest BCUT2D eigenvalue weighted by molar-refractivity contribution is 5.98. The maximum Gasteiger partial charge on any atom is 0.254 e. The number of anilines is 1. The summed E-state index contributed by atoms with van der Waals surface area (Å²) in [5, 5.41) is 3.15. The molecule has 2 fully saturated rings. The zero-order chi connectivity index (χ0) is 32.2. The first-order chi connectivity index (χ1) is 23.1. The molecular weight excluding hydrogens is 588 g/mol. The summed E-state index contributed by atoms with van der Waals surface area (Å²) >= 11 is 0. The SMILES string of the molecule is CCNC(=O)C1(CCCCN2CCN(c3ccc4c(c3)C(=O)N(CC3CCCCO3)CC4)CC2)c2ccccc2Oc2ccccc21. The van der Waals surface area contributed by atoms with Crippen LogP contribution in [-0.2, 0) is 21.4 Å². The van der Waals surface area contributed by atoms with Crippen molar-refractivity contribution in [3.8, 4) is 11.5 Å². The van der Waals surface area contributed by atoms with Gasteiger partial charge in [-0.1, -0.05) is 48.9 Å². The average molecular weight is 637 g/mol. The molecule has 0 bridgehead atoms. The Morgan fingerprint density at radius 1 is 0.915 bits per heavy atom. The third kappa shape index (κ3) is 6.38. The Morgan fingerprint density at radius 3 is 2.36 bits per heavy atom. The fraction of sp³-hybridized carbons (Fsp3) is 0.487. The van der Waals surface area contributed by atoms with E-state index in [0.29, 0.717) is 13.1 Å². The third-order valence-electron chi connectivity index (χ3n) is 10.6. The molecule has 3 aromatic rings. The molecule has 0 spiro atoms. The molecule has 8 heteroatoms. The molecule has 0 saturated carbocycles. The van der Waals surface area contributed by atoms with E-state index < -0.39 is 5.41 Å². The van der Waals surface area contributed by atoms with Gasteiger partial charge in [0.25, 0.3) is 5.91 Å². The van der Waals surface area contributed by atoms with Gasteiger partial charge in [-0.05, 0) is 81.8 Å². The number of likely N-dealkylation sites (N-methyl/N-ethyl adjacent to an activating group) is 1. The molecule has 8 nitrogen and oxygen atoms in total. The van der Waals surface area contributed by atoms with Crippen LogP contribution < -0.4 is 15.0 Å². The molecule has 0 aromatic heterocycles. The molecule has 1 N–H and O–H groups in total. The van der Waals surface area contributed by atoms with Gasteiger partial charge in [-0.2, -0.15) is 0 Å². The Labute approximate surface area is 279 Å². The van der Waals surface area contributed by atoms with Crippen molar-refractivity contribution in [2.75, 3.05) is 63.9 Å². The normalized spacial score (nSPS) is 20.5. The summed E-state index contributed by atoms with van der Waals surface area (Å²) in [4.78, 5) is 34.4. The minimum absolute atomic E-state index is 0.0470. The van der Waals surface area contributed by atoms with Gasteiger partial charge in [0.05, 0.1) is 6.10 Å². The van der Waals surface area contributed by atoms with Crippen molar-refractivity contribution in [2.24, 2.45) is 0 Å². The number of nitrogens with zero attached hydrogens (tertiary/aromatic N) is 3. The summed E-state index contributed by atoms with van der Waals surface area (Å²) in [5.74, 6) is 1.73. The molecule has 1 atom stereocenters. The molecule has 1 unspecified atom stereocenters. The maximum absolute atomic E-state index is 13.9. The summed E-state index contributed by atoms with van der Waals surface area (Å²) in [6, 6.07) is 22.5. The van der Waals surface area contributed by atoms with Crippen LogP contribution in [0.2, 0.25) is 0 Å². The largest absolute Gasteiger partial charge is 0.457 e. The monoisotopic (exact) mass is 636 g/mol. The average Bonchev–Trinajstić information content (AvgIpc) is 3.11. The number of nitrogens with one attached hydrogen (secondary N) is 1. The first-order valence-electron chi connectivity index (χ1n) is 17.7. The van der Waals surface area contributed by atoms with Crippen LogP contribution in [0.4, 0.5) is 5.69 Å². The van der Waals surface area contributed by atoms with Crippen LogP contribution >= 0.6 is 0 Å². The summed E-state index contributed by atoms with van der Waals surface area (Å²) in [5.41, 5.74) is 4.30. The predicted molar refractivity (Wildman–Crippen MR) is 185 cm³/mol. The van der Waals surface area contributed by atoms with E-state index >= 15 is 0 Å². The lowest BCUT2D eigenvalue weighted by atomic mass is 9.68. The minimum atomic E-state index is -0.775. The van der Waals surface area contributed by atoms with Crippen LogP contribution in [0, 0.1) is 0 Å². The van der Waals surface area contributed by atoms with Crippen molar-refractivity contribution in [2.45, 2.75) is 63.4 Å². The number of carbonyl (C=O) groups excluding carboxylic acids is 2. The zero-order valence-electron chi connectivity index (χ0n) is 27.7. The smallest absolute Gasteiger partial charge is 0.254 e. The van der Waals surface area contributed by atoms with E-state index in [4.69, 9.17) is 9.47 Å². The van der Waals surface area contributed by atoms with E-state index in [1.807, 2.05) is 48.2 Å². The Morgan fingerprint density at radius 2 is 1.66 bits per heavy atom. The number of hydrogen-bond donors (Lipinski definition) is 1. The molecule has 2 amide bonds. The summed E-state index contributed by atoms with van der Waals surface area (Å²) in [7, 11) is 0. The Bertz CT molecular complexity index is 1530. The number of hydrogen-bond acceptors (Lipinski definition) is 6. The van der Waals surface area contributed by atoms with Crippen molar-refractivity contribution < 1.29 is 19.1 Å². The van der Waals surface area contributed by atoms with Gasteiger partial charge in [-0.3, -0.25) is 14.5 Å². The predicted octanol–water partition coefficient (Wildman–Crippen LogP) is 5.77. The molecule has 2 saturated heterocycles. The van der Waals surface area contributed by atoms with E-state index in [-0.39, 0.29) is 17.9 Å². The molecular formula is C39H48N4O4. The van der Waals surface area contributed by atoms with Crippen LogP contribution in [0.5, 0.6) is 11.5 Å². The first kappa shape index (κ1) is 31.7. The Hall–Kier alpha value is -3.88. The van der Waals surface area contributed by atoms with Crippen molar-refractivity contribution in [3.05, 3.63) is 89.0 Å². The van der Waals surface area contributed by atoms with Gasteiger partial charge < -0.3 is 24.6 Å². The van der Waals surface area contributed by atoms with Gasteiger partial charge in [0.2, 0.25) is 5.91 Å². The lowest BCUT2D eigenvalue weighted by Gasteiger charge is -2.39. The number of rotatable bonds is 10. The van der Waals surface area contributed by atoms with Crippen LogP contribution in [0.3, 0.4) is 0 Å². The highest BCUT2D eigenvalue weighted by atomic mass is 16.5. The molecule has 0 aliphatic carbocycles. The molecule has 248 valence electrons. The Balaban J connectivity index is 0.960. The number of unbranched alkanes of at least 4 members (excludes halogenated alkanes) is 1. The third-order valence-corrected chi connectivity index (χ3v) is 10.6. The fourth-order valence-electron chi connectivity index (χ4n) is 8.05. The minimum Gasteiger partial charge on any atom is -0.457 e. The number of amides is 2. The van der Waals surface area contributed by atoms with Crippen molar-refractivity contribution in [1.82, 2.24) is 15.1 Å². The van der Waals surface area contributed by atoms with Gasteiger partial charge in [0.15, 0.2) is 0 Å². The molecule has 47 heavy (non-hydrogen) atoms. The van der Waals surface area contributed by atoms with E-state index in [1.165, 1.54) is 12.0 Å². The highest BCUT2D eigenvalue weighted by Gasteiger charge is 2.47. The van der Waals surface area contributed by atoms with E-state index in [0.717, 1.165) is 118 Å². The maximum atomic E-state index is 13.9. The topological polar surface area (TPSA) is 74.4 Å². The second-order valence-corrected chi connectivity index (χ2v) is 13.5. The first-order valence-corrected chi connectivity index (χ1v) is 17.7. The quantitative estimate of drug-likeness (QED) is 0.285. The molecule has 4 aliphatic heterocycles. The van der Waals surface area contributed by atoms with Crippen LogP contribution in [-0.4, -0.2) is 86.7 Å². The number of carbonyl (C=O) groups is 2. The van der Waals surface area contributed by atoms with Crippen LogP contribution in [0.1, 0.15) is 72.5 Å². The second-order valence-electron chi connectivity index (χ2n) is 13.5. The van der Waals surface area contributed by atoms with Gasteiger partial charge in [0.1, 0.15) is 16.9 Å². The number of ether oxygens (including phenoxy) is 2. The van der Waals surface area contributed by atoms with Crippen LogP contribution in [0.15, 0.2) is 66.7 Å². The van der Waals surface area contributed by atoms with E-state index in [1.54, 1.807) is 0 Å². The number of para-hydroxylation sites is 2. The lowest BCUT2D eigenvalue weighted by molar-refractivity contribution is -0.125. The van der Waals surface area contributed by atoms with Crippen LogP contribution in [0.25, 0.3) is 0 Å². The standard InChI is InChI=1S/C39H48N4O4/c1-2-40-38(45)39(33-12-3-5-14-35(33)47-36-15-6-4-13-34(36)39)19-8-9-20-41-22-24-42(25-23-41)30-17-16-29-18-21-43(37(44)32(29)27-30)28-31-11-7-10-26-46-31/h3-6,12-17,27,31H,2,7-11,18-26,28H2,1H3,(H,40,45). The summed E-state index contributed by atoms with van der Waals surface area (Å²) in [6.45, 7) is 9.71. The van der Waals surface area contributed by atoms with Crippen molar-refractivity contribution in [1.29, 1.82) is 0 Å². The Kier molecular flexibility index (Phi) is 9.50.